The van der Waals surface area contributed by atoms with Crippen molar-refractivity contribution < 1.29 is 4.74 Å². The van der Waals surface area contributed by atoms with Crippen LogP contribution in [0.4, 0.5) is 0 Å². The molecule has 25 heavy (non-hydrogen) atoms. The highest BCUT2D eigenvalue weighted by atomic mass is 16.5. The van der Waals surface area contributed by atoms with E-state index in [1.165, 1.54) is 16.7 Å². The van der Waals surface area contributed by atoms with E-state index in [2.05, 4.69) is 57.9 Å². The van der Waals surface area contributed by atoms with Gasteiger partial charge in [0.2, 0.25) is 0 Å². The molecular weight excluding hydrogens is 312 g/mol. The summed E-state index contributed by atoms with van der Waals surface area (Å²) >= 11 is 0. The molecule has 1 aromatic heterocycles. The Morgan fingerprint density at radius 1 is 1.08 bits per heavy atom. The molecule has 3 aromatic rings. The van der Waals surface area contributed by atoms with Gasteiger partial charge < -0.3 is 10.1 Å². The van der Waals surface area contributed by atoms with Gasteiger partial charge in [-0.2, -0.15) is 5.10 Å². The fraction of sp³-hybridized carbons (Fsp3) is 0.300. The summed E-state index contributed by atoms with van der Waals surface area (Å²) in [5.74, 6) is 1.01. The van der Waals surface area contributed by atoms with Crippen LogP contribution in [0.15, 0.2) is 61.2 Å². The zero-order chi connectivity index (χ0) is 16.9. The second kappa shape index (κ2) is 7.49. The number of aromatic nitrogens is 3. The van der Waals surface area contributed by atoms with Gasteiger partial charge in [-0.05, 0) is 30.0 Å². The van der Waals surface area contributed by atoms with Crippen LogP contribution < -0.4 is 10.1 Å². The summed E-state index contributed by atoms with van der Waals surface area (Å²) in [6.07, 6.45) is 5.47. The van der Waals surface area contributed by atoms with Gasteiger partial charge in [0.15, 0.2) is 0 Å². The highest BCUT2D eigenvalue weighted by Gasteiger charge is 2.18. The molecule has 4 rings (SSSR count). The van der Waals surface area contributed by atoms with Crippen molar-refractivity contribution in [2.24, 2.45) is 0 Å². The fourth-order valence-electron chi connectivity index (χ4n) is 3.24. The summed E-state index contributed by atoms with van der Waals surface area (Å²) < 4.78 is 7.67. The topological polar surface area (TPSA) is 52.0 Å². The zero-order valence-electron chi connectivity index (χ0n) is 14.1. The second-order valence-corrected chi connectivity index (χ2v) is 6.37. The van der Waals surface area contributed by atoms with Crippen molar-refractivity contribution >= 4 is 0 Å². The highest BCUT2D eigenvalue weighted by molar-refractivity contribution is 5.36. The molecule has 5 heteroatoms. The van der Waals surface area contributed by atoms with Crippen molar-refractivity contribution in [1.82, 2.24) is 20.1 Å². The number of benzene rings is 2. The minimum absolute atomic E-state index is 0.341. The lowest BCUT2D eigenvalue weighted by Gasteiger charge is -2.18. The van der Waals surface area contributed by atoms with Crippen LogP contribution in [0.1, 0.15) is 35.6 Å². The van der Waals surface area contributed by atoms with Crippen LogP contribution in [0, 0.1) is 0 Å². The molecule has 0 spiro atoms. The van der Waals surface area contributed by atoms with Crippen LogP contribution >= 0.6 is 0 Å². The summed E-state index contributed by atoms with van der Waals surface area (Å²) in [7, 11) is 0. The van der Waals surface area contributed by atoms with E-state index in [1.54, 1.807) is 12.7 Å². The minimum Gasteiger partial charge on any atom is -0.493 e. The molecule has 0 radical (unpaired) electrons. The van der Waals surface area contributed by atoms with E-state index in [1.807, 2.05) is 10.7 Å². The van der Waals surface area contributed by atoms with Gasteiger partial charge in [0, 0.05) is 18.2 Å². The average molecular weight is 334 g/mol. The summed E-state index contributed by atoms with van der Waals surface area (Å²) in [4.78, 5) is 3.97. The van der Waals surface area contributed by atoms with Crippen LogP contribution in [0.25, 0.3) is 0 Å². The van der Waals surface area contributed by atoms with Crippen molar-refractivity contribution in [3.8, 4) is 5.75 Å². The Hall–Kier alpha value is -2.66. The van der Waals surface area contributed by atoms with Crippen LogP contribution in [0.5, 0.6) is 5.75 Å². The molecular formula is C20H22N4O. The third kappa shape index (κ3) is 3.88. The van der Waals surface area contributed by atoms with Gasteiger partial charge in [0.05, 0.1) is 13.2 Å². The van der Waals surface area contributed by atoms with Gasteiger partial charge in [-0.3, -0.25) is 0 Å². The first kappa shape index (κ1) is 15.8. The molecule has 1 unspecified atom stereocenters. The van der Waals surface area contributed by atoms with Crippen molar-refractivity contribution in [2.45, 2.75) is 32.0 Å². The highest BCUT2D eigenvalue weighted by Crippen LogP contribution is 2.31. The van der Waals surface area contributed by atoms with Gasteiger partial charge in [-0.1, -0.05) is 42.5 Å². The number of nitrogens with one attached hydrogen (secondary N) is 1. The molecule has 5 nitrogen and oxygen atoms in total. The van der Waals surface area contributed by atoms with Crippen molar-refractivity contribution in [2.75, 3.05) is 6.61 Å². The SMILES string of the molecule is c1ccc2c(c1)OCCCC2NCc1ccc(Cn2cncn2)cc1. The Morgan fingerprint density at radius 3 is 2.76 bits per heavy atom. The molecule has 1 N–H and O–H groups in total. The molecule has 0 aliphatic carbocycles. The molecule has 1 aliphatic rings. The molecule has 0 bridgehead atoms. The van der Waals surface area contributed by atoms with E-state index in [4.69, 9.17) is 4.74 Å². The third-order valence-corrected chi connectivity index (χ3v) is 4.58. The van der Waals surface area contributed by atoms with Crippen molar-refractivity contribution in [3.05, 3.63) is 77.9 Å². The predicted molar refractivity (Wildman–Crippen MR) is 96.3 cm³/mol. The maximum Gasteiger partial charge on any atom is 0.137 e. The predicted octanol–water partition coefficient (Wildman–Crippen LogP) is 3.33. The molecule has 0 amide bonds. The Morgan fingerprint density at radius 2 is 1.92 bits per heavy atom. The third-order valence-electron chi connectivity index (χ3n) is 4.58. The minimum atomic E-state index is 0.341. The van der Waals surface area contributed by atoms with Crippen LogP contribution in [-0.2, 0) is 13.1 Å². The quantitative estimate of drug-likeness (QED) is 0.777. The summed E-state index contributed by atoms with van der Waals surface area (Å²) in [6.45, 7) is 2.40. The number of nitrogens with zero attached hydrogens (tertiary/aromatic N) is 3. The molecule has 1 aliphatic heterocycles. The summed E-state index contributed by atoms with van der Waals surface area (Å²) in [5.41, 5.74) is 3.77. The van der Waals surface area contributed by atoms with Crippen LogP contribution in [-0.4, -0.2) is 21.4 Å². The normalized spacial score (nSPS) is 16.7. The van der Waals surface area contributed by atoms with Gasteiger partial charge in [-0.25, -0.2) is 9.67 Å². The lowest BCUT2D eigenvalue weighted by Crippen LogP contribution is -2.20. The van der Waals surface area contributed by atoms with E-state index in [0.717, 1.165) is 38.3 Å². The average Bonchev–Trinajstić information content (AvgIpc) is 3.07. The second-order valence-electron chi connectivity index (χ2n) is 6.37. The number of para-hydroxylation sites is 1. The lowest BCUT2D eigenvalue weighted by molar-refractivity contribution is 0.315. The zero-order valence-corrected chi connectivity index (χ0v) is 14.1. The molecule has 0 saturated carbocycles. The smallest absolute Gasteiger partial charge is 0.137 e. The maximum absolute atomic E-state index is 5.84. The number of hydrogen-bond donors (Lipinski definition) is 1. The molecule has 2 aromatic carbocycles. The van der Waals surface area contributed by atoms with E-state index < -0.39 is 0 Å². The van der Waals surface area contributed by atoms with E-state index >= 15 is 0 Å². The van der Waals surface area contributed by atoms with E-state index in [-0.39, 0.29) is 0 Å². The fourth-order valence-corrected chi connectivity index (χ4v) is 3.24. The van der Waals surface area contributed by atoms with Gasteiger partial charge in [0.1, 0.15) is 18.4 Å². The molecule has 0 saturated heterocycles. The van der Waals surface area contributed by atoms with Crippen LogP contribution in [0.3, 0.4) is 0 Å². The number of rotatable bonds is 5. The van der Waals surface area contributed by atoms with Gasteiger partial charge in [0.25, 0.3) is 0 Å². The summed E-state index contributed by atoms with van der Waals surface area (Å²) in [6, 6.07) is 17.4. The monoisotopic (exact) mass is 334 g/mol. The van der Waals surface area contributed by atoms with Gasteiger partial charge >= 0.3 is 0 Å². The van der Waals surface area contributed by atoms with E-state index in [9.17, 15) is 0 Å². The van der Waals surface area contributed by atoms with Crippen LogP contribution in [0.2, 0.25) is 0 Å². The molecule has 128 valence electrons. The molecule has 2 heterocycles. The first-order chi connectivity index (χ1) is 12.4. The Bertz CT molecular complexity index is 799. The maximum atomic E-state index is 5.84. The number of ether oxygens (including phenoxy) is 1. The Balaban J connectivity index is 1.39. The first-order valence-corrected chi connectivity index (χ1v) is 8.74. The first-order valence-electron chi connectivity index (χ1n) is 8.74. The van der Waals surface area contributed by atoms with E-state index in [0.29, 0.717) is 6.04 Å². The number of hydrogen-bond acceptors (Lipinski definition) is 4. The standard InChI is InChI=1S/C20H22N4O/c1-2-6-20-18(4-1)19(5-3-11-25-20)22-12-16-7-9-17(10-8-16)13-24-15-21-14-23-24/h1-2,4,6-10,14-15,19,22H,3,5,11-13H2. The Kier molecular flexibility index (Phi) is 4.74. The summed E-state index contributed by atoms with van der Waals surface area (Å²) in [5, 5.41) is 7.83. The van der Waals surface area contributed by atoms with Crippen molar-refractivity contribution in [3.63, 3.8) is 0 Å². The largest absolute Gasteiger partial charge is 0.493 e. The Labute approximate surface area is 147 Å². The molecule has 0 fully saturated rings. The number of fused-ring (bicyclic) bond motifs is 1. The van der Waals surface area contributed by atoms with Gasteiger partial charge in [-0.15, -0.1) is 0 Å². The molecule has 1 atom stereocenters. The lowest BCUT2D eigenvalue weighted by atomic mass is 10.0. The van der Waals surface area contributed by atoms with Crippen molar-refractivity contribution in [1.29, 1.82) is 0 Å².